The van der Waals surface area contributed by atoms with E-state index in [1.54, 1.807) is 12.4 Å². The number of pyridine rings is 1. The van der Waals surface area contributed by atoms with E-state index in [9.17, 15) is 0 Å². The normalized spacial score (nSPS) is 21.9. The number of anilines is 2. The molecule has 0 amide bonds. The van der Waals surface area contributed by atoms with Crippen molar-refractivity contribution in [1.29, 1.82) is 0 Å². The number of nitrogens with one attached hydrogen (secondary N) is 1. The predicted octanol–water partition coefficient (Wildman–Crippen LogP) is 1.54. The van der Waals surface area contributed by atoms with Crippen LogP contribution in [-0.2, 0) is 0 Å². The van der Waals surface area contributed by atoms with Crippen molar-refractivity contribution in [1.82, 2.24) is 9.88 Å². The maximum absolute atomic E-state index is 5.87. The van der Waals surface area contributed by atoms with E-state index in [0.29, 0.717) is 11.7 Å². The number of halogens is 1. The molecule has 2 rings (SSSR count). The molecule has 1 aliphatic heterocycles. The van der Waals surface area contributed by atoms with Crippen LogP contribution in [0.3, 0.4) is 0 Å². The third-order valence-corrected chi connectivity index (χ3v) is 3.27. The molecule has 0 spiro atoms. The average molecular weight is 271 g/mol. The number of hydrogen-bond donors (Lipinski definition) is 2. The summed E-state index contributed by atoms with van der Waals surface area (Å²) in [5.41, 5.74) is 7.52. The van der Waals surface area contributed by atoms with Gasteiger partial charge in [0, 0.05) is 18.8 Å². The van der Waals surface area contributed by atoms with Gasteiger partial charge in [0.25, 0.3) is 0 Å². The minimum Gasteiger partial charge on any atom is -0.396 e. The number of likely N-dealkylation sites (tertiary alicyclic amines) is 1. The van der Waals surface area contributed by atoms with E-state index in [1.165, 1.54) is 0 Å². The highest BCUT2D eigenvalue weighted by Crippen LogP contribution is 2.28. The quantitative estimate of drug-likeness (QED) is 0.856. The van der Waals surface area contributed by atoms with Crippen LogP contribution in [-0.4, -0.2) is 36.1 Å². The van der Waals surface area contributed by atoms with Crippen LogP contribution in [0.4, 0.5) is 11.4 Å². The molecule has 1 aromatic rings. The summed E-state index contributed by atoms with van der Waals surface area (Å²) in [6.07, 6.45) is 4.59. The molecule has 3 N–H and O–H groups in total. The first-order valence-electron chi connectivity index (χ1n) is 5.01. The summed E-state index contributed by atoms with van der Waals surface area (Å²) in [5, 5.41) is 3.45. The van der Waals surface area contributed by atoms with Gasteiger partial charge >= 0.3 is 0 Å². The van der Waals surface area contributed by atoms with Crippen LogP contribution in [0.5, 0.6) is 0 Å². The number of rotatable bonds is 2. The Morgan fingerprint density at radius 1 is 1.60 bits per heavy atom. The highest BCUT2D eigenvalue weighted by molar-refractivity contribution is 9.10. The number of hydrogen-bond acceptors (Lipinski definition) is 4. The van der Waals surface area contributed by atoms with Crippen LogP contribution in [0, 0.1) is 0 Å². The van der Waals surface area contributed by atoms with Gasteiger partial charge in [-0.1, -0.05) is 0 Å². The summed E-state index contributed by atoms with van der Waals surface area (Å²) >= 11 is 3.45. The lowest BCUT2D eigenvalue weighted by Crippen LogP contribution is -2.24. The molecule has 2 heterocycles. The summed E-state index contributed by atoms with van der Waals surface area (Å²) in [7, 11) is 2.13. The summed E-state index contributed by atoms with van der Waals surface area (Å²) in [5.74, 6) is 0. The third-order valence-electron chi connectivity index (χ3n) is 2.67. The SMILES string of the molecule is CN1CCC(Nc2c(N)cncc2Br)C1. The maximum atomic E-state index is 5.87. The van der Waals surface area contributed by atoms with E-state index < -0.39 is 0 Å². The Hall–Kier alpha value is -0.810. The van der Waals surface area contributed by atoms with Crippen molar-refractivity contribution in [2.45, 2.75) is 12.5 Å². The molecular weight excluding hydrogens is 256 g/mol. The first-order chi connectivity index (χ1) is 7.16. The lowest BCUT2D eigenvalue weighted by atomic mass is 10.2. The predicted molar refractivity (Wildman–Crippen MR) is 65.9 cm³/mol. The molecule has 1 aromatic heterocycles. The molecule has 0 saturated carbocycles. The largest absolute Gasteiger partial charge is 0.396 e. The third kappa shape index (κ3) is 2.41. The van der Waals surface area contributed by atoms with Gasteiger partial charge in [0.05, 0.1) is 22.0 Å². The van der Waals surface area contributed by atoms with Crippen LogP contribution in [0.2, 0.25) is 0 Å². The van der Waals surface area contributed by atoms with Gasteiger partial charge in [0.15, 0.2) is 0 Å². The fraction of sp³-hybridized carbons (Fsp3) is 0.500. The molecule has 1 atom stereocenters. The smallest absolute Gasteiger partial charge is 0.0752 e. The first-order valence-corrected chi connectivity index (χ1v) is 5.80. The zero-order valence-electron chi connectivity index (χ0n) is 8.70. The van der Waals surface area contributed by atoms with Crippen molar-refractivity contribution in [2.24, 2.45) is 0 Å². The second-order valence-corrected chi connectivity index (χ2v) is 4.83. The second-order valence-electron chi connectivity index (χ2n) is 3.98. The van der Waals surface area contributed by atoms with Crippen LogP contribution < -0.4 is 11.1 Å². The first kappa shape index (κ1) is 10.7. The van der Waals surface area contributed by atoms with Gasteiger partial charge in [-0.2, -0.15) is 0 Å². The zero-order valence-corrected chi connectivity index (χ0v) is 10.3. The van der Waals surface area contributed by atoms with Crippen LogP contribution >= 0.6 is 15.9 Å². The second kappa shape index (κ2) is 4.37. The molecule has 0 aliphatic carbocycles. The summed E-state index contributed by atoms with van der Waals surface area (Å²) in [6.45, 7) is 2.20. The maximum Gasteiger partial charge on any atom is 0.0752 e. The molecule has 1 fully saturated rings. The van der Waals surface area contributed by atoms with Crippen LogP contribution in [0.1, 0.15) is 6.42 Å². The molecule has 1 saturated heterocycles. The van der Waals surface area contributed by atoms with Crippen molar-refractivity contribution in [2.75, 3.05) is 31.2 Å². The Morgan fingerprint density at radius 3 is 3.00 bits per heavy atom. The molecule has 1 aliphatic rings. The molecule has 82 valence electrons. The van der Waals surface area contributed by atoms with Crippen LogP contribution in [0.25, 0.3) is 0 Å². The monoisotopic (exact) mass is 270 g/mol. The fourth-order valence-corrected chi connectivity index (χ4v) is 2.32. The molecule has 0 bridgehead atoms. The van der Waals surface area contributed by atoms with Gasteiger partial charge in [-0.25, -0.2) is 0 Å². The summed E-state index contributed by atoms with van der Waals surface area (Å²) < 4.78 is 0.928. The molecule has 1 unspecified atom stereocenters. The molecule has 15 heavy (non-hydrogen) atoms. The Bertz CT molecular complexity index is 335. The van der Waals surface area contributed by atoms with Crippen LogP contribution in [0.15, 0.2) is 16.9 Å². The topological polar surface area (TPSA) is 54.2 Å². The summed E-state index contributed by atoms with van der Waals surface area (Å²) in [4.78, 5) is 6.32. The molecule has 4 nitrogen and oxygen atoms in total. The lowest BCUT2D eigenvalue weighted by Gasteiger charge is -2.16. The van der Waals surface area contributed by atoms with Crippen molar-refractivity contribution in [3.63, 3.8) is 0 Å². The van der Waals surface area contributed by atoms with E-state index in [1.807, 2.05) is 0 Å². The van der Waals surface area contributed by atoms with Gasteiger partial charge < -0.3 is 16.0 Å². The number of likely N-dealkylation sites (N-methyl/N-ethyl adjacent to an activating group) is 1. The highest BCUT2D eigenvalue weighted by Gasteiger charge is 2.20. The molecular formula is C10H15BrN4. The van der Waals surface area contributed by atoms with Crippen molar-refractivity contribution >= 4 is 27.3 Å². The lowest BCUT2D eigenvalue weighted by molar-refractivity contribution is 0.414. The van der Waals surface area contributed by atoms with Gasteiger partial charge in [-0.3, -0.25) is 4.98 Å². The number of aromatic nitrogens is 1. The van der Waals surface area contributed by atoms with Gasteiger partial charge in [0.2, 0.25) is 0 Å². The van der Waals surface area contributed by atoms with E-state index in [0.717, 1.165) is 29.7 Å². The Morgan fingerprint density at radius 2 is 2.40 bits per heavy atom. The number of nitrogens with two attached hydrogens (primary N) is 1. The number of nitrogen functional groups attached to an aromatic ring is 1. The van der Waals surface area contributed by atoms with E-state index >= 15 is 0 Å². The van der Waals surface area contributed by atoms with E-state index in [2.05, 4.69) is 38.2 Å². The molecule has 0 aromatic carbocycles. The van der Waals surface area contributed by atoms with Crippen molar-refractivity contribution in [3.8, 4) is 0 Å². The summed E-state index contributed by atoms with van der Waals surface area (Å²) in [6, 6.07) is 0.482. The van der Waals surface area contributed by atoms with Crippen molar-refractivity contribution in [3.05, 3.63) is 16.9 Å². The number of nitrogens with zero attached hydrogens (tertiary/aromatic N) is 2. The Balaban J connectivity index is 2.10. The molecule has 0 radical (unpaired) electrons. The fourth-order valence-electron chi connectivity index (χ4n) is 1.86. The van der Waals surface area contributed by atoms with E-state index in [4.69, 9.17) is 5.73 Å². The Kier molecular flexibility index (Phi) is 3.11. The van der Waals surface area contributed by atoms with Gasteiger partial charge in [-0.15, -0.1) is 0 Å². The minimum atomic E-state index is 0.482. The standard InChI is InChI=1S/C10H15BrN4/c1-15-3-2-7(6-15)14-10-8(11)4-13-5-9(10)12/h4-5,7H,2-3,6,12H2,1H3,(H,13,14). The Labute approximate surface area is 98.0 Å². The van der Waals surface area contributed by atoms with Crippen molar-refractivity contribution < 1.29 is 0 Å². The molecule has 5 heteroatoms. The average Bonchev–Trinajstić information content (AvgIpc) is 2.58. The van der Waals surface area contributed by atoms with Gasteiger partial charge in [-0.05, 0) is 35.9 Å². The minimum absolute atomic E-state index is 0.482. The zero-order chi connectivity index (χ0) is 10.8. The van der Waals surface area contributed by atoms with Gasteiger partial charge in [0.1, 0.15) is 0 Å². The van der Waals surface area contributed by atoms with E-state index in [-0.39, 0.29) is 0 Å². The highest BCUT2D eigenvalue weighted by atomic mass is 79.9.